The summed E-state index contributed by atoms with van der Waals surface area (Å²) in [5.74, 6) is -0.695. The zero-order valence-corrected chi connectivity index (χ0v) is 11.8. The van der Waals surface area contributed by atoms with E-state index >= 15 is 0 Å². The summed E-state index contributed by atoms with van der Waals surface area (Å²) in [6.07, 6.45) is 0. The van der Waals surface area contributed by atoms with Crippen LogP contribution in [0.3, 0.4) is 0 Å². The van der Waals surface area contributed by atoms with Crippen molar-refractivity contribution in [3.05, 3.63) is 59.5 Å². The predicted molar refractivity (Wildman–Crippen MR) is 77.3 cm³/mol. The molecule has 0 unspecified atom stereocenters. The van der Waals surface area contributed by atoms with Crippen molar-refractivity contribution in [1.82, 2.24) is 4.98 Å². The van der Waals surface area contributed by atoms with Crippen molar-refractivity contribution in [1.29, 1.82) is 0 Å². The zero-order chi connectivity index (χ0) is 14.8. The Kier molecular flexibility index (Phi) is 3.84. The lowest BCUT2D eigenvalue weighted by Crippen LogP contribution is -2.21. The van der Waals surface area contributed by atoms with Crippen LogP contribution in [0.2, 0.25) is 0 Å². The van der Waals surface area contributed by atoms with Gasteiger partial charge in [-0.2, -0.15) is 4.39 Å². The molecule has 0 saturated carbocycles. The van der Waals surface area contributed by atoms with Gasteiger partial charge in [-0.15, -0.1) is 0 Å². The second-order valence-corrected chi connectivity index (χ2v) is 5.60. The third kappa shape index (κ3) is 3.20. The summed E-state index contributed by atoms with van der Waals surface area (Å²) in [5.41, 5.74) is 1.36. The quantitative estimate of drug-likeness (QED) is 0.845. The largest absolute Gasteiger partial charge is 0.306 e. The number of carbonyl (C=O) groups excluding carboxylic acids is 1. The Morgan fingerprint density at radius 2 is 1.80 bits per heavy atom. The minimum Gasteiger partial charge on any atom is -0.306 e. The van der Waals surface area contributed by atoms with Crippen molar-refractivity contribution in [2.75, 3.05) is 5.32 Å². The van der Waals surface area contributed by atoms with Crippen molar-refractivity contribution in [2.24, 2.45) is 0 Å². The van der Waals surface area contributed by atoms with Crippen molar-refractivity contribution >= 4 is 11.7 Å². The molecule has 1 aromatic carbocycles. The second kappa shape index (κ2) is 5.41. The maximum atomic E-state index is 13.0. The maximum absolute atomic E-state index is 13.0. The van der Waals surface area contributed by atoms with Crippen molar-refractivity contribution < 1.29 is 9.18 Å². The fourth-order valence-corrected chi connectivity index (χ4v) is 2.00. The smallest absolute Gasteiger partial charge is 0.257 e. The van der Waals surface area contributed by atoms with Gasteiger partial charge in [0.05, 0.1) is 0 Å². The van der Waals surface area contributed by atoms with E-state index in [-0.39, 0.29) is 17.1 Å². The van der Waals surface area contributed by atoms with Crippen LogP contribution in [0, 0.1) is 5.95 Å². The average molecular weight is 272 g/mol. The van der Waals surface area contributed by atoms with Gasteiger partial charge in [-0.1, -0.05) is 45.0 Å². The fraction of sp³-hybridized carbons (Fsp3) is 0.250. The molecule has 1 amide bonds. The van der Waals surface area contributed by atoms with Crippen LogP contribution in [0.5, 0.6) is 0 Å². The van der Waals surface area contributed by atoms with Gasteiger partial charge in [-0.3, -0.25) is 4.79 Å². The van der Waals surface area contributed by atoms with Gasteiger partial charge in [0, 0.05) is 5.56 Å². The highest BCUT2D eigenvalue weighted by atomic mass is 19.1. The Morgan fingerprint density at radius 3 is 2.45 bits per heavy atom. The normalized spacial score (nSPS) is 11.2. The highest BCUT2D eigenvalue weighted by molar-refractivity contribution is 6.05. The maximum Gasteiger partial charge on any atom is 0.257 e. The summed E-state index contributed by atoms with van der Waals surface area (Å²) in [5, 5.41) is 2.62. The highest BCUT2D eigenvalue weighted by Crippen LogP contribution is 2.26. The summed E-state index contributed by atoms with van der Waals surface area (Å²) in [6, 6.07) is 11.7. The van der Waals surface area contributed by atoms with E-state index in [9.17, 15) is 9.18 Å². The summed E-state index contributed by atoms with van der Waals surface area (Å²) < 4.78 is 13.0. The van der Waals surface area contributed by atoms with Crippen LogP contribution in [0.15, 0.2) is 42.5 Å². The van der Waals surface area contributed by atoms with E-state index in [1.54, 1.807) is 12.1 Å². The van der Waals surface area contributed by atoms with Crippen molar-refractivity contribution in [2.45, 2.75) is 26.2 Å². The van der Waals surface area contributed by atoms with E-state index in [0.717, 1.165) is 5.56 Å². The molecule has 1 N–H and O–H groups in total. The van der Waals surface area contributed by atoms with Gasteiger partial charge in [-0.25, -0.2) is 4.98 Å². The summed E-state index contributed by atoms with van der Waals surface area (Å²) in [6.45, 7) is 6.12. The molecular formula is C16H17FN2O. The van der Waals surface area contributed by atoms with E-state index in [4.69, 9.17) is 0 Å². The molecule has 1 aromatic heterocycles. The van der Waals surface area contributed by atoms with Gasteiger partial charge in [0.25, 0.3) is 5.91 Å². The van der Waals surface area contributed by atoms with Gasteiger partial charge < -0.3 is 5.32 Å². The number of amides is 1. The molecule has 2 aromatic rings. The Morgan fingerprint density at radius 1 is 1.10 bits per heavy atom. The molecule has 2 rings (SSSR count). The molecular weight excluding hydrogens is 255 g/mol. The van der Waals surface area contributed by atoms with E-state index in [0.29, 0.717) is 5.56 Å². The molecule has 0 radical (unpaired) electrons. The second-order valence-electron chi connectivity index (χ2n) is 5.60. The molecule has 0 aliphatic carbocycles. The molecule has 104 valence electrons. The van der Waals surface area contributed by atoms with Gasteiger partial charge in [0.15, 0.2) is 0 Å². The fourth-order valence-electron chi connectivity index (χ4n) is 2.00. The van der Waals surface area contributed by atoms with E-state index in [1.165, 1.54) is 12.1 Å². The summed E-state index contributed by atoms with van der Waals surface area (Å²) >= 11 is 0. The number of hydrogen-bond acceptors (Lipinski definition) is 2. The molecule has 20 heavy (non-hydrogen) atoms. The summed E-state index contributed by atoms with van der Waals surface area (Å²) in [7, 11) is 0. The van der Waals surface area contributed by atoms with Crippen LogP contribution in [0.1, 0.15) is 36.7 Å². The monoisotopic (exact) mass is 272 g/mol. The third-order valence-electron chi connectivity index (χ3n) is 2.94. The topological polar surface area (TPSA) is 42.0 Å². The minimum atomic E-state index is -0.619. The molecule has 1 heterocycles. The molecule has 0 fully saturated rings. The first-order chi connectivity index (χ1) is 9.38. The van der Waals surface area contributed by atoms with E-state index < -0.39 is 5.95 Å². The van der Waals surface area contributed by atoms with Gasteiger partial charge >= 0.3 is 0 Å². The Balaban J connectivity index is 2.31. The van der Waals surface area contributed by atoms with Crippen LogP contribution >= 0.6 is 0 Å². The lowest BCUT2D eigenvalue weighted by atomic mass is 9.83. The number of benzene rings is 1. The average Bonchev–Trinajstić information content (AvgIpc) is 2.37. The molecule has 4 heteroatoms. The number of hydrogen-bond donors (Lipinski definition) is 1. The third-order valence-corrected chi connectivity index (χ3v) is 2.94. The standard InChI is InChI=1S/C16H17FN2O/c1-16(2,3)12-8-5-4-7-11(12)15(20)19-14-10-6-9-13(17)18-14/h4-10H,1-3H3,(H,18,19,20). The van der Waals surface area contributed by atoms with Crippen LogP contribution in [0.25, 0.3) is 0 Å². The summed E-state index contributed by atoms with van der Waals surface area (Å²) in [4.78, 5) is 16.0. The minimum absolute atomic E-state index is 0.150. The first-order valence-corrected chi connectivity index (χ1v) is 6.41. The molecule has 0 spiro atoms. The lowest BCUT2D eigenvalue weighted by molar-refractivity contribution is 0.102. The predicted octanol–water partition coefficient (Wildman–Crippen LogP) is 3.77. The van der Waals surface area contributed by atoms with E-state index in [1.807, 2.05) is 39.0 Å². The number of pyridine rings is 1. The molecule has 0 bridgehead atoms. The van der Waals surface area contributed by atoms with Crippen LogP contribution in [0.4, 0.5) is 10.2 Å². The van der Waals surface area contributed by atoms with Gasteiger partial charge in [0.2, 0.25) is 5.95 Å². The zero-order valence-electron chi connectivity index (χ0n) is 11.8. The Hall–Kier alpha value is -2.23. The van der Waals surface area contributed by atoms with Crippen molar-refractivity contribution in [3.8, 4) is 0 Å². The van der Waals surface area contributed by atoms with E-state index in [2.05, 4.69) is 10.3 Å². The number of halogens is 1. The first-order valence-electron chi connectivity index (χ1n) is 6.41. The van der Waals surface area contributed by atoms with Gasteiger partial charge in [0.1, 0.15) is 5.82 Å². The number of aromatic nitrogens is 1. The van der Waals surface area contributed by atoms with Crippen LogP contribution < -0.4 is 5.32 Å². The van der Waals surface area contributed by atoms with Crippen molar-refractivity contribution in [3.63, 3.8) is 0 Å². The SMILES string of the molecule is CC(C)(C)c1ccccc1C(=O)Nc1cccc(F)n1. The molecule has 0 aliphatic rings. The number of carbonyl (C=O) groups is 1. The Bertz CT molecular complexity index is 632. The van der Waals surface area contributed by atoms with Gasteiger partial charge in [-0.05, 0) is 29.2 Å². The molecule has 0 saturated heterocycles. The van der Waals surface area contributed by atoms with Crippen LogP contribution in [-0.2, 0) is 5.41 Å². The number of nitrogens with one attached hydrogen (secondary N) is 1. The number of rotatable bonds is 2. The Labute approximate surface area is 117 Å². The highest BCUT2D eigenvalue weighted by Gasteiger charge is 2.21. The lowest BCUT2D eigenvalue weighted by Gasteiger charge is -2.22. The molecule has 0 aliphatic heterocycles. The van der Waals surface area contributed by atoms with Crippen LogP contribution in [-0.4, -0.2) is 10.9 Å². The first kappa shape index (κ1) is 14.2. The number of anilines is 1. The molecule has 0 atom stereocenters. The number of nitrogens with zero attached hydrogens (tertiary/aromatic N) is 1. The molecule has 3 nitrogen and oxygen atoms in total.